The Morgan fingerprint density at radius 2 is 1.46 bits per heavy atom. The molecule has 0 atom stereocenters. The number of amides is 1. The number of hydrogen-bond donors (Lipinski definition) is 0. The Labute approximate surface area is 167 Å². The third-order valence-electron chi connectivity index (χ3n) is 4.27. The van der Waals surface area contributed by atoms with Crippen LogP contribution in [0.5, 0.6) is 0 Å². The summed E-state index contributed by atoms with van der Waals surface area (Å²) in [6.07, 6.45) is 1.05. The van der Waals surface area contributed by atoms with E-state index in [0.717, 1.165) is 30.8 Å². The van der Waals surface area contributed by atoms with Gasteiger partial charge in [0.25, 0.3) is 0 Å². The van der Waals surface area contributed by atoms with E-state index in [2.05, 4.69) is 18.7 Å². The highest BCUT2D eigenvalue weighted by atomic mass is 16.6. The van der Waals surface area contributed by atoms with Crippen molar-refractivity contribution in [3.8, 4) is 0 Å². The van der Waals surface area contributed by atoms with Crippen LogP contribution in [0.15, 0.2) is 24.3 Å². The van der Waals surface area contributed by atoms with Gasteiger partial charge in [-0.15, -0.1) is 0 Å². The van der Waals surface area contributed by atoms with E-state index in [0.29, 0.717) is 0 Å². The largest absolute Gasteiger partial charge is 0.464 e. The molecule has 7 nitrogen and oxygen atoms in total. The molecule has 7 heteroatoms. The summed E-state index contributed by atoms with van der Waals surface area (Å²) in [5.41, 5.74) is 1.90. The molecule has 0 aliphatic heterocycles. The van der Waals surface area contributed by atoms with Crippen LogP contribution in [0.4, 0.5) is 5.69 Å². The fraction of sp³-hybridized carbons (Fsp3) is 0.571. The van der Waals surface area contributed by atoms with Crippen molar-refractivity contribution in [1.82, 2.24) is 4.90 Å². The van der Waals surface area contributed by atoms with Gasteiger partial charge < -0.3 is 19.3 Å². The van der Waals surface area contributed by atoms with Gasteiger partial charge in [-0.1, -0.05) is 19.1 Å². The van der Waals surface area contributed by atoms with Gasteiger partial charge in [0.15, 0.2) is 0 Å². The second-order valence-corrected chi connectivity index (χ2v) is 6.30. The number of nitrogens with zero attached hydrogens (tertiary/aromatic N) is 2. The van der Waals surface area contributed by atoms with E-state index >= 15 is 0 Å². The second-order valence-electron chi connectivity index (χ2n) is 6.30. The van der Waals surface area contributed by atoms with Gasteiger partial charge in [0.2, 0.25) is 11.9 Å². The summed E-state index contributed by atoms with van der Waals surface area (Å²) >= 11 is 0. The smallest absolute Gasteiger partial charge is 0.340 e. The number of carbonyl (C=O) groups is 3. The monoisotopic (exact) mass is 392 g/mol. The zero-order chi connectivity index (χ0) is 21.1. The van der Waals surface area contributed by atoms with Crippen molar-refractivity contribution >= 4 is 23.5 Å². The predicted octanol–water partition coefficient (Wildman–Crippen LogP) is 2.77. The molecule has 28 heavy (non-hydrogen) atoms. The van der Waals surface area contributed by atoms with Crippen LogP contribution in [-0.4, -0.2) is 55.1 Å². The molecule has 0 saturated carbocycles. The lowest BCUT2D eigenvalue weighted by Gasteiger charge is -2.28. The van der Waals surface area contributed by atoms with Crippen LogP contribution in [-0.2, 0) is 30.4 Å². The van der Waals surface area contributed by atoms with Gasteiger partial charge in [0, 0.05) is 32.2 Å². The van der Waals surface area contributed by atoms with Crippen LogP contribution in [0.25, 0.3) is 0 Å². The van der Waals surface area contributed by atoms with Gasteiger partial charge in [-0.2, -0.15) is 0 Å². The maximum absolute atomic E-state index is 12.3. The number of carbonyl (C=O) groups excluding carboxylic acids is 3. The van der Waals surface area contributed by atoms with Crippen molar-refractivity contribution in [3.05, 3.63) is 29.8 Å². The van der Waals surface area contributed by atoms with Gasteiger partial charge >= 0.3 is 11.9 Å². The quantitative estimate of drug-likeness (QED) is 0.426. The zero-order valence-electron chi connectivity index (χ0n) is 17.6. The lowest BCUT2D eigenvalue weighted by molar-refractivity contribution is -0.167. The normalized spacial score (nSPS) is 10.5. The van der Waals surface area contributed by atoms with Gasteiger partial charge in [-0.25, -0.2) is 9.59 Å². The average Bonchev–Trinajstić information content (AvgIpc) is 2.66. The molecule has 1 aromatic carbocycles. The maximum atomic E-state index is 12.3. The number of benzene rings is 1. The Hall–Kier alpha value is -2.57. The summed E-state index contributed by atoms with van der Waals surface area (Å²) in [5, 5.41) is 0. The molecule has 0 aliphatic rings. The molecule has 156 valence electrons. The van der Waals surface area contributed by atoms with Crippen molar-refractivity contribution in [3.63, 3.8) is 0 Å². The molecule has 0 bridgehead atoms. The van der Waals surface area contributed by atoms with E-state index in [1.165, 1.54) is 11.8 Å². The standard InChI is InChI=1S/C21H32N2O5/c1-6-14-22(7-2)18-12-10-17(11-13-18)15-23(16(5)24)19(20(25)27-8-3)21(26)28-9-4/h10-13,19H,6-9,14-15H2,1-5H3. The fourth-order valence-corrected chi connectivity index (χ4v) is 2.93. The first kappa shape index (κ1) is 23.5. The van der Waals surface area contributed by atoms with E-state index in [1.807, 2.05) is 24.3 Å². The summed E-state index contributed by atoms with van der Waals surface area (Å²) in [4.78, 5) is 40.3. The number of ether oxygens (including phenoxy) is 2. The van der Waals surface area contributed by atoms with Gasteiger partial charge in [0.1, 0.15) is 0 Å². The third kappa shape index (κ3) is 6.55. The van der Waals surface area contributed by atoms with E-state index < -0.39 is 23.9 Å². The lowest BCUT2D eigenvalue weighted by Crippen LogP contribution is -2.50. The average molecular weight is 392 g/mol. The van der Waals surface area contributed by atoms with Gasteiger partial charge in [0.05, 0.1) is 13.2 Å². The summed E-state index contributed by atoms with van der Waals surface area (Å²) in [6, 6.07) is 6.35. The van der Waals surface area contributed by atoms with Gasteiger partial charge in [-0.3, -0.25) is 4.79 Å². The van der Waals surface area contributed by atoms with Crippen molar-refractivity contribution in [1.29, 1.82) is 0 Å². The highest BCUT2D eigenvalue weighted by molar-refractivity contribution is 6.02. The van der Waals surface area contributed by atoms with E-state index in [4.69, 9.17) is 9.47 Å². The Morgan fingerprint density at radius 1 is 0.929 bits per heavy atom. The molecule has 0 aromatic heterocycles. The molecule has 0 fully saturated rings. The van der Waals surface area contributed by atoms with Gasteiger partial charge in [-0.05, 0) is 44.9 Å². The van der Waals surface area contributed by atoms with Crippen molar-refractivity contribution in [2.45, 2.75) is 53.6 Å². The highest BCUT2D eigenvalue weighted by Crippen LogP contribution is 2.18. The second kappa shape index (κ2) is 12.0. The molecule has 1 aromatic rings. The lowest BCUT2D eigenvalue weighted by atomic mass is 10.1. The fourth-order valence-electron chi connectivity index (χ4n) is 2.93. The molecule has 1 amide bonds. The summed E-state index contributed by atoms with van der Waals surface area (Å²) in [6.45, 7) is 11.0. The highest BCUT2D eigenvalue weighted by Gasteiger charge is 2.37. The summed E-state index contributed by atoms with van der Waals surface area (Å²) in [5.74, 6) is -1.97. The van der Waals surface area contributed by atoms with Crippen LogP contribution in [0.3, 0.4) is 0 Å². The Balaban J connectivity index is 3.07. The number of anilines is 1. The van der Waals surface area contributed by atoms with Crippen molar-refractivity contribution < 1.29 is 23.9 Å². The van der Waals surface area contributed by atoms with Crippen LogP contribution in [0.1, 0.15) is 46.6 Å². The molecule has 0 spiro atoms. The first-order chi connectivity index (χ1) is 13.4. The minimum atomic E-state index is -1.41. The van der Waals surface area contributed by atoms with E-state index in [1.54, 1.807) is 13.8 Å². The number of rotatable bonds is 11. The summed E-state index contributed by atoms with van der Waals surface area (Å²) < 4.78 is 9.98. The first-order valence-corrected chi connectivity index (χ1v) is 9.83. The first-order valence-electron chi connectivity index (χ1n) is 9.83. The number of esters is 2. The molecule has 0 aliphatic carbocycles. The Morgan fingerprint density at radius 3 is 1.86 bits per heavy atom. The number of hydrogen-bond acceptors (Lipinski definition) is 6. The van der Waals surface area contributed by atoms with Crippen LogP contribution >= 0.6 is 0 Å². The molecular weight excluding hydrogens is 360 g/mol. The Kier molecular flexibility index (Phi) is 10.1. The minimum Gasteiger partial charge on any atom is -0.464 e. The topological polar surface area (TPSA) is 76.2 Å². The van der Waals surface area contributed by atoms with E-state index in [9.17, 15) is 14.4 Å². The molecule has 0 unspecified atom stereocenters. The molecule has 1 rings (SSSR count). The molecule has 0 heterocycles. The molecule has 0 saturated heterocycles. The SMILES string of the molecule is CCCN(CC)c1ccc(CN(C(C)=O)C(C(=O)OCC)C(=O)OCC)cc1. The summed E-state index contributed by atoms with van der Waals surface area (Å²) in [7, 11) is 0. The minimum absolute atomic E-state index is 0.109. The zero-order valence-corrected chi connectivity index (χ0v) is 17.6. The van der Waals surface area contributed by atoms with E-state index in [-0.39, 0.29) is 19.8 Å². The molecular formula is C21H32N2O5. The van der Waals surface area contributed by atoms with Crippen molar-refractivity contribution in [2.75, 3.05) is 31.2 Å². The van der Waals surface area contributed by atoms with Crippen molar-refractivity contribution in [2.24, 2.45) is 0 Å². The third-order valence-corrected chi connectivity index (χ3v) is 4.27. The molecule has 0 radical (unpaired) electrons. The van der Waals surface area contributed by atoms with Crippen LogP contribution < -0.4 is 4.90 Å². The Bertz CT molecular complexity index is 627. The predicted molar refractivity (Wildman–Crippen MR) is 108 cm³/mol. The van der Waals surface area contributed by atoms with Crippen LogP contribution in [0, 0.1) is 0 Å². The molecule has 0 N–H and O–H groups in total. The maximum Gasteiger partial charge on any atom is 0.340 e. The van der Waals surface area contributed by atoms with Crippen LogP contribution in [0.2, 0.25) is 0 Å².